The summed E-state index contributed by atoms with van der Waals surface area (Å²) in [6.45, 7) is 6.32. The predicted molar refractivity (Wildman–Crippen MR) is 90.5 cm³/mol. The van der Waals surface area contributed by atoms with E-state index in [1.165, 1.54) is 11.5 Å². The van der Waals surface area contributed by atoms with Crippen LogP contribution in [-0.4, -0.2) is 21.0 Å². The summed E-state index contributed by atoms with van der Waals surface area (Å²) in [6, 6.07) is 6.10. The molecule has 0 fully saturated rings. The van der Waals surface area contributed by atoms with Gasteiger partial charge in [-0.25, -0.2) is 4.98 Å². The zero-order valence-corrected chi connectivity index (χ0v) is 14.0. The fraction of sp³-hybridized carbons (Fsp3) is 0.333. The third kappa shape index (κ3) is 2.30. The summed E-state index contributed by atoms with van der Waals surface area (Å²) in [5, 5.41) is 4.98. The average molecular weight is 321 g/mol. The normalized spacial score (nSPS) is 11.5. The number of benzene rings is 1. The van der Waals surface area contributed by atoms with Gasteiger partial charge in [0, 0.05) is 18.1 Å². The number of hydrogen-bond acceptors (Lipinski definition) is 4. The molecule has 0 atom stereocenters. The van der Waals surface area contributed by atoms with Crippen molar-refractivity contribution >= 4 is 39.2 Å². The minimum Gasteiger partial charge on any atom is -0.378 e. The van der Waals surface area contributed by atoms with Crippen molar-refractivity contribution in [3.05, 3.63) is 28.9 Å². The summed E-state index contributed by atoms with van der Waals surface area (Å²) < 4.78 is 6.67. The van der Waals surface area contributed by atoms with Crippen LogP contribution in [-0.2, 0) is 0 Å². The van der Waals surface area contributed by atoms with Gasteiger partial charge >= 0.3 is 0 Å². The van der Waals surface area contributed by atoms with Crippen LogP contribution in [0.25, 0.3) is 22.4 Å². The number of rotatable bonds is 3. The summed E-state index contributed by atoms with van der Waals surface area (Å²) in [6.07, 6.45) is 0. The lowest BCUT2D eigenvalue weighted by molar-refractivity contribution is 0.624. The Labute approximate surface area is 132 Å². The van der Waals surface area contributed by atoms with Crippen LogP contribution >= 0.6 is 23.1 Å². The van der Waals surface area contributed by atoms with Gasteiger partial charge in [-0.2, -0.15) is 4.37 Å². The van der Waals surface area contributed by atoms with Crippen LogP contribution in [0.1, 0.15) is 25.6 Å². The van der Waals surface area contributed by atoms with Crippen LogP contribution in [0.3, 0.4) is 0 Å². The van der Waals surface area contributed by atoms with Crippen molar-refractivity contribution in [2.45, 2.75) is 26.8 Å². The highest BCUT2D eigenvalue weighted by atomic mass is 35.5. The molecule has 0 radical (unpaired) electrons. The number of halogens is 1. The Morgan fingerprint density at radius 2 is 2.10 bits per heavy atom. The number of fused-ring (bicyclic) bond motifs is 1. The molecule has 21 heavy (non-hydrogen) atoms. The van der Waals surface area contributed by atoms with Crippen LogP contribution in [0.15, 0.2) is 18.2 Å². The molecule has 0 aliphatic rings. The van der Waals surface area contributed by atoms with Gasteiger partial charge in [0.25, 0.3) is 0 Å². The van der Waals surface area contributed by atoms with Gasteiger partial charge in [0.1, 0.15) is 10.8 Å². The minimum atomic E-state index is 0.285. The van der Waals surface area contributed by atoms with Crippen molar-refractivity contribution < 1.29 is 0 Å². The van der Waals surface area contributed by atoms with Crippen LogP contribution in [0.4, 0.5) is 5.00 Å². The second kappa shape index (κ2) is 5.31. The van der Waals surface area contributed by atoms with E-state index in [1.807, 2.05) is 32.2 Å². The number of nitrogens with zero attached hydrogens (tertiary/aromatic N) is 3. The maximum absolute atomic E-state index is 6.16. The van der Waals surface area contributed by atoms with Crippen LogP contribution in [0.5, 0.6) is 0 Å². The first kappa shape index (κ1) is 14.4. The summed E-state index contributed by atoms with van der Waals surface area (Å²) in [7, 11) is 1.91. The maximum atomic E-state index is 6.16. The first-order valence-corrected chi connectivity index (χ1v) is 8.00. The first-order valence-electron chi connectivity index (χ1n) is 6.84. The number of anilines is 1. The molecule has 4 nitrogen and oxygen atoms in total. The number of imidazole rings is 1. The second-order valence-corrected chi connectivity index (χ2v) is 6.46. The molecule has 0 unspecified atom stereocenters. The molecule has 110 valence electrons. The van der Waals surface area contributed by atoms with E-state index < -0.39 is 0 Å². The molecule has 0 amide bonds. The molecule has 1 aromatic carbocycles. The highest BCUT2D eigenvalue weighted by Gasteiger charge is 2.21. The summed E-state index contributed by atoms with van der Waals surface area (Å²) in [5.41, 5.74) is 4.08. The van der Waals surface area contributed by atoms with Gasteiger partial charge < -0.3 is 9.88 Å². The molecule has 0 spiro atoms. The van der Waals surface area contributed by atoms with Crippen molar-refractivity contribution in [2.75, 3.05) is 12.4 Å². The lowest BCUT2D eigenvalue weighted by Crippen LogP contribution is -2.04. The fourth-order valence-electron chi connectivity index (χ4n) is 2.57. The molecule has 1 N–H and O–H groups in total. The van der Waals surface area contributed by atoms with E-state index in [9.17, 15) is 0 Å². The Bertz CT molecular complexity index is 803. The molecule has 0 bridgehead atoms. The highest BCUT2D eigenvalue weighted by molar-refractivity contribution is 7.10. The summed E-state index contributed by atoms with van der Waals surface area (Å²) in [4.78, 5) is 4.82. The zero-order valence-electron chi connectivity index (χ0n) is 12.4. The zero-order chi connectivity index (χ0) is 15.1. The summed E-state index contributed by atoms with van der Waals surface area (Å²) in [5.74, 6) is 0.942. The Morgan fingerprint density at radius 1 is 1.33 bits per heavy atom. The first-order chi connectivity index (χ1) is 10.0. The molecule has 0 saturated carbocycles. The Morgan fingerprint density at radius 3 is 2.76 bits per heavy atom. The molecule has 0 saturated heterocycles. The number of hydrogen-bond donors (Lipinski definition) is 1. The standard InChI is InChI=1S/C15H17ClN4S/c1-8(2)20-12-7-10(16)5-6-11(12)18-14(20)13-9(3)19-21-15(13)17-4/h5-8,17H,1-4H3. The van der Waals surface area contributed by atoms with Gasteiger partial charge in [-0.1, -0.05) is 11.6 Å². The Kier molecular flexibility index (Phi) is 3.63. The molecule has 2 heterocycles. The van der Waals surface area contributed by atoms with Crippen LogP contribution < -0.4 is 5.32 Å². The molecular weight excluding hydrogens is 304 g/mol. The van der Waals surface area contributed by atoms with E-state index in [4.69, 9.17) is 16.6 Å². The van der Waals surface area contributed by atoms with Crippen molar-refractivity contribution in [2.24, 2.45) is 0 Å². The van der Waals surface area contributed by atoms with Crippen molar-refractivity contribution in [1.82, 2.24) is 13.9 Å². The lowest BCUT2D eigenvalue weighted by atomic mass is 10.2. The van der Waals surface area contributed by atoms with E-state index in [-0.39, 0.29) is 6.04 Å². The molecule has 6 heteroatoms. The predicted octanol–water partition coefficient (Wildman–Crippen LogP) is 4.74. The monoisotopic (exact) mass is 320 g/mol. The van der Waals surface area contributed by atoms with Crippen LogP contribution in [0, 0.1) is 6.92 Å². The molecule has 3 aromatic rings. The number of aryl methyl sites for hydroxylation is 1. The topological polar surface area (TPSA) is 42.7 Å². The van der Waals surface area contributed by atoms with Crippen LogP contribution in [0.2, 0.25) is 5.02 Å². The van der Waals surface area contributed by atoms with Gasteiger partial charge in [0.2, 0.25) is 0 Å². The fourth-order valence-corrected chi connectivity index (χ4v) is 3.48. The molecule has 0 aliphatic heterocycles. The Balaban J connectivity index is 2.36. The molecule has 3 rings (SSSR count). The van der Waals surface area contributed by atoms with Gasteiger partial charge in [0.05, 0.1) is 22.3 Å². The van der Waals surface area contributed by atoms with Gasteiger partial charge in [-0.3, -0.25) is 0 Å². The summed E-state index contributed by atoms with van der Waals surface area (Å²) >= 11 is 7.62. The van der Waals surface area contributed by atoms with Gasteiger partial charge in [-0.15, -0.1) is 0 Å². The second-order valence-electron chi connectivity index (χ2n) is 5.25. The highest BCUT2D eigenvalue weighted by Crippen LogP contribution is 2.37. The Hall–Kier alpha value is -1.59. The largest absolute Gasteiger partial charge is 0.378 e. The lowest BCUT2D eigenvalue weighted by Gasteiger charge is -2.13. The van der Waals surface area contributed by atoms with E-state index in [2.05, 4.69) is 28.1 Å². The van der Waals surface area contributed by atoms with E-state index in [0.29, 0.717) is 0 Å². The third-order valence-corrected chi connectivity index (χ3v) is 4.67. The molecule has 2 aromatic heterocycles. The quantitative estimate of drug-likeness (QED) is 0.757. The average Bonchev–Trinajstić information content (AvgIpc) is 2.97. The van der Waals surface area contributed by atoms with E-state index in [1.54, 1.807) is 0 Å². The van der Waals surface area contributed by atoms with Crippen molar-refractivity contribution in [3.8, 4) is 11.4 Å². The number of nitrogens with one attached hydrogen (secondary N) is 1. The van der Waals surface area contributed by atoms with E-state index in [0.717, 1.165) is 38.1 Å². The molecular formula is C15H17ClN4S. The van der Waals surface area contributed by atoms with Crippen molar-refractivity contribution in [1.29, 1.82) is 0 Å². The maximum Gasteiger partial charge on any atom is 0.146 e. The minimum absolute atomic E-state index is 0.285. The van der Waals surface area contributed by atoms with Crippen molar-refractivity contribution in [3.63, 3.8) is 0 Å². The third-order valence-electron chi connectivity index (χ3n) is 3.48. The smallest absolute Gasteiger partial charge is 0.146 e. The van der Waals surface area contributed by atoms with Gasteiger partial charge in [0.15, 0.2) is 0 Å². The van der Waals surface area contributed by atoms with Gasteiger partial charge in [-0.05, 0) is 50.5 Å². The SMILES string of the molecule is CNc1snc(C)c1-c1nc2ccc(Cl)cc2n1C(C)C. The number of aromatic nitrogens is 3. The van der Waals surface area contributed by atoms with E-state index >= 15 is 0 Å². The molecule has 0 aliphatic carbocycles.